The van der Waals surface area contributed by atoms with Gasteiger partial charge in [0.25, 0.3) is 0 Å². The summed E-state index contributed by atoms with van der Waals surface area (Å²) in [5.74, 6) is 0. The lowest BCUT2D eigenvalue weighted by molar-refractivity contribution is -0.0571. The van der Waals surface area contributed by atoms with E-state index in [4.69, 9.17) is 4.74 Å². The molecule has 12 heavy (non-hydrogen) atoms. The van der Waals surface area contributed by atoms with Gasteiger partial charge in [-0.2, -0.15) is 0 Å². The summed E-state index contributed by atoms with van der Waals surface area (Å²) in [6.07, 6.45) is 0.905. The fourth-order valence-corrected chi connectivity index (χ4v) is 0.813. The molecular formula is C9H21NO2. The van der Waals surface area contributed by atoms with Crippen LogP contribution in [-0.2, 0) is 4.74 Å². The van der Waals surface area contributed by atoms with Crippen molar-refractivity contribution in [2.75, 3.05) is 20.2 Å². The predicted molar refractivity (Wildman–Crippen MR) is 50.3 cm³/mol. The molecule has 3 nitrogen and oxygen atoms in total. The maximum Gasteiger partial charge on any atom is 0.0864 e. The second kappa shape index (κ2) is 5.51. The van der Waals surface area contributed by atoms with Crippen LogP contribution in [0.15, 0.2) is 0 Å². The number of aliphatic hydroxyl groups is 1. The van der Waals surface area contributed by atoms with Crippen LogP contribution < -0.4 is 5.32 Å². The Morgan fingerprint density at radius 1 is 1.50 bits per heavy atom. The van der Waals surface area contributed by atoms with Crippen molar-refractivity contribution >= 4 is 0 Å². The fraction of sp³-hybridized carbons (Fsp3) is 1.00. The van der Waals surface area contributed by atoms with Gasteiger partial charge in [0.1, 0.15) is 0 Å². The molecular weight excluding hydrogens is 154 g/mol. The van der Waals surface area contributed by atoms with Gasteiger partial charge in [0.15, 0.2) is 0 Å². The van der Waals surface area contributed by atoms with Crippen LogP contribution >= 0.6 is 0 Å². The third-order valence-corrected chi connectivity index (χ3v) is 1.64. The van der Waals surface area contributed by atoms with Gasteiger partial charge in [0.05, 0.1) is 18.3 Å². The minimum absolute atomic E-state index is 0.186. The molecule has 0 heterocycles. The first-order valence-corrected chi connectivity index (χ1v) is 4.46. The molecule has 0 bridgehead atoms. The number of hydrogen-bond donors (Lipinski definition) is 2. The van der Waals surface area contributed by atoms with Crippen molar-refractivity contribution in [2.24, 2.45) is 0 Å². The van der Waals surface area contributed by atoms with Gasteiger partial charge in [-0.25, -0.2) is 0 Å². The van der Waals surface area contributed by atoms with Crippen LogP contribution in [-0.4, -0.2) is 37.0 Å². The van der Waals surface area contributed by atoms with Gasteiger partial charge in [-0.05, 0) is 40.8 Å². The summed E-state index contributed by atoms with van der Waals surface area (Å²) in [6, 6.07) is 0. The van der Waals surface area contributed by atoms with E-state index >= 15 is 0 Å². The summed E-state index contributed by atoms with van der Waals surface area (Å²) in [5.41, 5.74) is -0.701. The molecule has 0 fully saturated rings. The van der Waals surface area contributed by atoms with Crippen LogP contribution in [0, 0.1) is 0 Å². The van der Waals surface area contributed by atoms with Crippen LogP contribution in [0.4, 0.5) is 0 Å². The van der Waals surface area contributed by atoms with Crippen molar-refractivity contribution in [2.45, 2.75) is 38.9 Å². The van der Waals surface area contributed by atoms with Crippen molar-refractivity contribution in [3.63, 3.8) is 0 Å². The smallest absolute Gasteiger partial charge is 0.0864 e. The Balaban J connectivity index is 3.56. The second-order valence-corrected chi connectivity index (χ2v) is 3.71. The van der Waals surface area contributed by atoms with Gasteiger partial charge in [0, 0.05) is 0 Å². The van der Waals surface area contributed by atoms with E-state index in [2.05, 4.69) is 5.32 Å². The summed E-state index contributed by atoms with van der Waals surface area (Å²) in [6.45, 7) is 6.95. The summed E-state index contributed by atoms with van der Waals surface area (Å²) in [5, 5.41) is 12.7. The highest BCUT2D eigenvalue weighted by Crippen LogP contribution is 2.09. The minimum Gasteiger partial charge on any atom is -0.388 e. The minimum atomic E-state index is -0.701. The van der Waals surface area contributed by atoms with Gasteiger partial charge in [-0.1, -0.05) is 0 Å². The molecule has 0 rings (SSSR count). The van der Waals surface area contributed by atoms with E-state index < -0.39 is 5.60 Å². The zero-order valence-corrected chi connectivity index (χ0v) is 8.55. The summed E-state index contributed by atoms with van der Waals surface area (Å²) in [7, 11) is 1.87. The molecule has 0 aliphatic carbocycles. The van der Waals surface area contributed by atoms with E-state index in [0.717, 1.165) is 13.0 Å². The zero-order chi connectivity index (χ0) is 9.61. The van der Waals surface area contributed by atoms with E-state index in [0.29, 0.717) is 6.61 Å². The van der Waals surface area contributed by atoms with Crippen molar-refractivity contribution in [1.29, 1.82) is 0 Å². The Labute approximate surface area is 75.1 Å². The van der Waals surface area contributed by atoms with Crippen molar-refractivity contribution in [3.8, 4) is 0 Å². The van der Waals surface area contributed by atoms with Crippen molar-refractivity contribution in [3.05, 3.63) is 0 Å². The molecule has 1 unspecified atom stereocenters. The van der Waals surface area contributed by atoms with Crippen LogP contribution in [0.3, 0.4) is 0 Å². The quantitative estimate of drug-likeness (QED) is 0.626. The Bertz CT molecular complexity index is 113. The Morgan fingerprint density at radius 2 is 2.08 bits per heavy atom. The van der Waals surface area contributed by atoms with Crippen molar-refractivity contribution < 1.29 is 9.84 Å². The summed E-state index contributed by atoms with van der Waals surface area (Å²) >= 11 is 0. The lowest BCUT2D eigenvalue weighted by Crippen LogP contribution is -2.35. The molecule has 0 aliphatic heterocycles. The summed E-state index contributed by atoms with van der Waals surface area (Å²) < 4.78 is 5.33. The monoisotopic (exact) mass is 175 g/mol. The molecule has 1 atom stereocenters. The topological polar surface area (TPSA) is 41.5 Å². The molecule has 0 radical (unpaired) electrons. The van der Waals surface area contributed by atoms with Crippen LogP contribution in [0.5, 0.6) is 0 Å². The van der Waals surface area contributed by atoms with Gasteiger partial charge < -0.3 is 15.2 Å². The molecule has 2 N–H and O–H groups in total. The van der Waals surface area contributed by atoms with Gasteiger partial charge >= 0.3 is 0 Å². The van der Waals surface area contributed by atoms with Crippen LogP contribution in [0.25, 0.3) is 0 Å². The van der Waals surface area contributed by atoms with Gasteiger partial charge in [-0.15, -0.1) is 0 Å². The number of ether oxygens (including phenoxy) is 1. The fourth-order valence-electron chi connectivity index (χ4n) is 0.813. The second-order valence-electron chi connectivity index (χ2n) is 3.71. The molecule has 0 amide bonds. The maximum absolute atomic E-state index is 9.73. The molecule has 74 valence electrons. The third-order valence-electron chi connectivity index (χ3n) is 1.64. The average Bonchev–Trinajstić information content (AvgIpc) is 1.98. The molecule has 0 saturated heterocycles. The Morgan fingerprint density at radius 3 is 2.50 bits per heavy atom. The Hall–Kier alpha value is -0.120. The first-order valence-electron chi connectivity index (χ1n) is 4.46. The first kappa shape index (κ1) is 11.9. The average molecular weight is 175 g/mol. The lowest BCUT2D eigenvalue weighted by atomic mass is 10.0. The molecule has 0 aromatic heterocycles. The number of rotatable bonds is 6. The molecule has 0 aliphatic rings. The van der Waals surface area contributed by atoms with Crippen LogP contribution in [0.1, 0.15) is 27.2 Å². The van der Waals surface area contributed by atoms with Gasteiger partial charge in [0.2, 0.25) is 0 Å². The van der Waals surface area contributed by atoms with E-state index in [1.54, 1.807) is 6.92 Å². The molecule has 3 heteroatoms. The zero-order valence-electron chi connectivity index (χ0n) is 8.55. The maximum atomic E-state index is 9.73. The van der Waals surface area contributed by atoms with E-state index in [1.807, 2.05) is 20.9 Å². The highest BCUT2D eigenvalue weighted by atomic mass is 16.5. The lowest BCUT2D eigenvalue weighted by Gasteiger charge is -2.24. The molecule has 0 saturated carbocycles. The highest BCUT2D eigenvalue weighted by molar-refractivity contribution is 4.72. The molecule has 0 aromatic carbocycles. The standard InChI is InChI=1S/C9H21NO2/c1-8(2)12-7-9(3,11)5-6-10-4/h8,10-11H,5-7H2,1-4H3. The van der Waals surface area contributed by atoms with E-state index in [9.17, 15) is 5.11 Å². The third kappa shape index (κ3) is 6.58. The Kier molecular flexibility index (Phi) is 5.46. The number of nitrogens with one attached hydrogen (secondary N) is 1. The first-order chi connectivity index (χ1) is 5.48. The largest absolute Gasteiger partial charge is 0.388 e. The SMILES string of the molecule is CNCCC(C)(O)COC(C)C. The molecule has 0 spiro atoms. The number of hydrogen-bond acceptors (Lipinski definition) is 3. The normalized spacial score (nSPS) is 16.5. The van der Waals surface area contributed by atoms with Crippen LogP contribution in [0.2, 0.25) is 0 Å². The highest BCUT2D eigenvalue weighted by Gasteiger charge is 2.20. The van der Waals surface area contributed by atoms with Gasteiger partial charge in [-0.3, -0.25) is 0 Å². The van der Waals surface area contributed by atoms with E-state index in [-0.39, 0.29) is 6.10 Å². The molecule has 0 aromatic rings. The summed E-state index contributed by atoms with van der Waals surface area (Å²) in [4.78, 5) is 0. The van der Waals surface area contributed by atoms with Crippen molar-refractivity contribution in [1.82, 2.24) is 5.32 Å². The van der Waals surface area contributed by atoms with E-state index in [1.165, 1.54) is 0 Å². The predicted octanol–water partition coefficient (Wildman–Crippen LogP) is 0.772.